The lowest BCUT2D eigenvalue weighted by Crippen LogP contribution is -2.41. The highest BCUT2D eigenvalue weighted by Crippen LogP contribution is 2.39. The minimum Gasteiger partial charge on any atom is -0.481 e. The molecule has 1 N–H and O–H groups in total. The minimum atomic E-state index is -0.778. The predicted octanol–water partition coefficient (Wildman–Crippen LogP) is 1.08. The first-order valence-corrected chi connectivity index (χ1v) is 5.29. The number of ether oxygens (including phenoxy) is 1. The van der Waals surface area contributed by atoms with Crippen LogP contribution in [0.15, 0.2) is 0 Å². The van der Waals surface area contributed by atoms with Crippen LogP contribution in [-0.4, -0.2) is 41.8 Å². The number of amides is 1. The van der Waals surface area contributed by atoms with Gasteiger partial charge in [0.1, 0.15) is 6.61 Å². The number of carbonyl (C=O) groups excluding carboxylic acids is 1. The number of carbonyl (C=O) groups is 2. The summed E-state index contributed by atoms with van der Waals surface area (Å²) >= 11 is 0. The molecule has 2 rings (SSSR count). The first-order chi connectivity index (χ1) is 7.14. The average molecular weight is 213 g/mol. The molecule has 1 saturated carbocycles. The van der Waals surface area contributed by atoms with Gasteiger partial charge in [0.25, 0.3) is 0 Å². The molecule has 0 spiro atoms. The summed E-state index contributed by atoms with van der Waals surface area (Å²) in [6.45, 7) is 1.21. The largest absolute Gasteiger partial charge is 0.481 e. The molecule has 0 aromatic heterocycles. The zero-order chi connectivity index (χ0) is 10.9. The molecule has 2 fully saturated rings. The molecule has 84 valence electrons. The maximum Gasteiger partial charge on any atom is 0.409 e. The molecular weight excluding hydrogens is 198 g/mol. The van der Waals surface area contributed by atoms with E-state index in [1.165, 1.54) is 4.90 Å². The zero-order valence-corrected chi connectivity index (χ0v) is 8.57. The van der Waals surface area contributed by atoms with E-state index in [4.69, 9.17) is 4.74 Å². The van der Waals surface area contributed by atoms with E-state index in [0.29, 0.717) is 32.5 Å². The van der Waals surface area contributed by atoms with Crippen LogP contribution in [0.4, 0.5) is 4.79 Å². The molecule has 0 radical (unpaired) electrons. The maximum absolute atomic E-state index is 11.2. The molecule has 5 heteroatoms. The highest BCUT2D eigenvalue weighted by Gasteiger charge is 2.44. The van der Waals surface area contributed by atoms with E-state index < -0.39 is 11.4 Å². The van der Waals surface area contributed by atoms with Gasteiger partial charge >= 0.3 is 12.1 Å². The van der Waals surface area contributed by atoms with Crippen LogP contribution in [0.2, 0.25) is 0 Å². The van der Waals surface area contributed by atoms with Crippen LogP contribution in [0.5, 0.6) is 0 Å². The van der Waals surface area contributed by atoms with Crippen molar-refractivity contribution in [3.8, 4) is 0 Å². The molecule has 0 bridgehead atoms. The Labute approximate surface area is 88.0 Å². The topological polar surface area (TPSA) is 66.8 Å². The van der Waals surface area contributed by atoms with Crippen LogP contribution >= 0.6 is 0 Å². The van der Waals surface area contributed by atoms with Crippen LogP contribution in [-0.2, 0) is 9.53 Å². The summed E-state index contributed by atoms with van der Waals surface area (Å²) in [6, 6.07) is 0. The van der Waals surface area contributed by atoms with Crippen LogP contribution in [0.3, 0.4) is 0 Å². The number of aliphatic carboxylic acids is 1. The number of hydrogen-bond acceptors (Lipinski definition) is 3. The van der Waals surface area contributed by atoms with Gasteiger partial charge in [-0.1, -0.05) is 12.8 Å². The van der Waals surface area contributed by atoms with E-state index in [2.05, 4.69) is 0 Å². The second-order valence-corrected chi connectivity index (χ2v) is 4.33. The number of nitrogens with zero attached hydrogens (tertiary/aromatic N) is 1. The lowest BCUT2D eigenvalue weighted by Gasteiger charge is -2.27. The minimum absolute atomic E-state index is 0.307. The molecule has 0 aromatic rings. The summed E-state index contributed by atoms with van der Waals surface area (Å²) in [5.74, 6) is -0.778. The number of hydrogen-bond donors (Lipinski definition) is 1. The normalized spacial score (nSPS) is 24.3. The quantitative estimate of drug-likeness (QED) is 0.761. The molecule has 1 aliphatic carbocycles. The average Bonchev–Trinajstić information content (AvgIpc) is 2.78. The Morgan fingerprint density at radius 1 is 1.47 bits per heavy atom. The molecule has 1 saturated heterocycles. The van der Waals surface area contributed by atoms with Crippen molar-refractivity contribution in [2.24, 2.45) is 5.41 Å². The Hall–Kier alpha value is -1.26. The molecule has 2 aliphatic rings. The van der Waals surface area contributed by atoms with Crippen molar-refractivity contribution in [1.82, 2.24) is 4.90 Å². The molecule has 15 heavy (non-hydrogen) atoms. The van der Waals surface area contributed by atoms with Gasteiger partial charge in [-0.15, -0.1) is 0 Å². The van der Waals surface area contributed by atoms with Crippen molar-refractivity contribution >= 4 is 12.1 Å². The zero-order valence-electron chi connectivity index (χ0n) is 8.57. The standard InChI is InChI=1S/C10H15NO4/c12-8(13)10(3-1-2-4-10)7-11-5-6-15-9(11)14/h1-7H2,(H,12,13). The van der Waals surface area contributed by atoms with Gasteiger partial charge in [-0.05, 0) is 12.8 Å². The third-order valence-corrected chi connectivity index (χ3v) is 3.35. The lowest BCUT2D eigenvalue weighted by molar-refractivity contribution is -0.149. The third-order valence-electron chi connectivity index (χ3n) is 3.35. The molecule has 0 atom stereocenters. The van der Waals surface area contributed by atoms with Crippen molar-refractivity contribution in [3.63, 3.8) is 0 Å². The Morgan fingerprint density at radius 3 is 2.60 bits per heavy atom. The first-order valence-electron chi connectivity index (χ1n) is 5.29. The fourth-order valence-electron chi connectivity index (χ4n) is 2.43. The predicted molar refractivity (Wildman–Crippen MR) is 51.5 cm³/mol. The Balaban J connectivity index is 2.06. The number of rotatable bonds is 3. The van der Waals surface area contributed by atoms with E-state index in [1.807, 2.05) is 0 Å². The summed E-state index contributed by atoms with van der Waals surface area (Å²) in [7, 11) is 0. The fourth-order valence-corrected chi connectivity index (χ4v) is 2.43. The van der Waals surface area contributed by atoms with Gasteiger partial charge in [-0.3, -0.25) is 4.79 Å². The SMILES string of the molecule is O=C1OCCN1CC1(C(=O)O)CCCC1. The summed E-state index contributed by atoms with van der Waals surface area (Å²) < 4.78 is 4.79. The second kappa shape index (κ2) is 3.72. The highest BCUT2D eigenvalue weighted by molar-refractivity contribution is 5.77. The van der Waals surface area contributed by atoms with Gasteiger partial charge in [0.05, 0.1) is 12.0 Å². The monoisotopic (exact) mass is 213 g/mol. The first kappa shape index (κ1) is 10.3. The summed E-state index contributed by atoms with van der Waals surface area (Å²) in [6.07, 6.45) is 2.85. The van der Waals surface area contributed by atoms with Gasteiger partial charge in [0, 0.05) is 6.54 Å². The van der Waals surface area contributed by atoms with E-state index in [0.717, 1.165) is 12.8 Å². The Morgan fingerprint density at radius 2 is 2.13 bits per heavy atom. The smallest absolute Gasteiger partial charge is 0.409 e. The van der Waals surface area contributed by atoms with Gasteiger partial charge in [0.15, 0.2) is 0 Å². The summed E-state index contributed by atoms with van der Waals surface area (Å²) in [4.78, 5) is 24.0. The van der Waals surface area contributed by atoms with Gasteiger partial charge in [-0.2, -0.15) is 0 Å². The van der Waals surface area contributed by atoms with Crippen LogP contribution in [0, 0.1) is 5.41 Å². The van der Waals surface area contributed by atoms with Crippen molar-refractivity contribution in [2.75, 3.05) is 19.7 Å². The lowest BCUT2D eigenvalue weighted by atomic mass is 9.86. The Kier molecular flexibility index (Phi) is 2.54. The van der Waals surface area contributed by atoms with Crippen molar-refractivity contribution in [3.05, 3.63) is 0 Å². The van der Waals surface area contributed by atoms with Gasteiger partial charge in [-0.25, -0.2) is 4.79 Å². The van der Waals surface area contributed by atoms with Crippen LogP contribution in [0.25, 0.3) is 0 Å². The fraction of sp³-hybridized carbons (Fsp3) is 0.800. The number of carboxylic acids is 1. The van der Waals surface area contributed by atoms with Crippen LogP contribution < -0.4 is 0 Å². The highest BCUT2D eigenvalue weighted by atomic mass is 16.6. The molecule has 1 amide bonds. The van der Waals surface area contributed by atoms with E-state index in [9.17, 15) is 14.7 Å². The molecule has 1 aliphatic heterocycles. The van der Waals surface area contributed by atoms with Crippen molar-refractivity contribution in [2.45, 2.75) is 25.7 Å². The van der Waals surface area contributed by atoms with Gasteiger partial charge < -0.3 is 14.7 Å². The number of carboxylic acid groups (broad SMARTS) is 1. The van der Waals surface area contributed by atoms with E-state index >= 15 is 0 Å². The van der Waals surface area contributed by atoms with E-state index in [1.54, 1.807) is 0 Å². The molecule has 5 nitrogen and oxygen atoms in total. The molecule has 0 unspecified atom stereocenters. The molecule has 1 heterocycles. The summed E-state index contributed by atoms with van der Waals surface area (Å²) in [5, 5.41) is 9.23. The van der Waals surface area contributed by atoms with E-state index in [-0.39, 0.29) is 6.09 Å². The van der Waals surface area contributed by atoms with Crippen molar-refractivity contribution in [1.29, 1.82) is 0 Å². The second-order valence-electron chi connectivity index (χ2n) is 4.33. The molecular formula is C10H15NO4. The number of cyclic esters (lactones) is 1. The Bertz CT molecular complexity index is 283. The van der Waals surface area contributed by atoms with Crippen molar-refractivity contribution < 1.29 is 19.4 Å². The summed E-state index contributed by atoms with van der Waals surface area (Å²) in [5.41, 5.74) is -0.719. The third kappa shape index (κ3) is 1.78. The maximum atomic E-state index is 11.2. The molecule has 0 aromatic carbocycles. The van der Waals surface area contributed by atoms with Crippen LogP contribution in [0.1, 0.15) is 25.7 Å². The van der Waals surface area contributed by atoms with Gasteiger partial charge in [0.2, 0.25) is 0 Å².